The van der Waals surface area contributed by atoms with E-state index in [-0.39, 0.29) is 5.41 Å². The first-order chi connectivity index (χ1) is 9.88. The van der Waals surface area contributed by atoms with Gasteiger partial charge in [0.15, 0.2) is 5.65 Å². The molecule has 0 aliphatic carbocycles. The molecule has 2 N–H and O–H groups in total. The molecule has 2 heterocycles. The number of benzene rings is 1. The second-order valence-corrected chi connectivity index (χ2v) is 6.41. The van der Waals surface area contributed by atoms with E-state index in [9.17, 15) is 0 Å². The Morgan fingerprint density at radius 1 is 1.19 bits per heavy atom. The van der Waals surface area contributed by atoms with Crippen molar-refractivity contribution in [1.82, 2.24) is 19.7 Å². The summed E-state index contributed by atoms with van der Waals surface area (Å²) in [7, 11) is 0. The van der Waals surface area contributed by atoms with E-state index in [0.29, 0.717) is 21.5 Å². The number of hydrogen-bond acceptors (Lipinski definition) is 3. The van der Waals surface area contributed by atoms with Gasteiger partial charge in [-0.15, -0.1) is 0 Å². The molecule has 0 saturated carbocycles. The Hall–Kier alpha value is -2.14. The molecule has 0 unspecified atom stereocenters. The molecular formula is C15H16ClN5. The summed E-state index contributed by atoms with van der Waals surface area (Å²) in [5.74, 6) is 0.798. The number of rotatable bonds is 1. The molecule has 108 valence electrons. The minimum atomic E-state index is -0.214. The van der Waals surface area contributed by atoms with E-state index in [4.69, 9.17) is 17.0 Å². The number of aromatic amines is 1. The van der Waals surface area contributed by atoms with Gasteiger partial charge in [-0.1, -0.05) is 32.4 Å². The lowest BCUT2D eigenvalue weighted by Gasteiger charge is -2.23. The molecule has 1 aromatic carbocycles. The van der Waals surface area contributed by atoms with Crippen molar-refractivity contribution in [1.29, 1.82) is 5.41 Å². The van der Waals surface area contributed by atoms with E-state index in [2.05, 4.69) is 36.0 Å². The van der Waals surface area contributed by atoms with E-state index < -0.39 is 0 Å². The summed E-state index contributed by atoms with van der Waals surface area (Å²) >= 11 is 5.96. The quantitative estimate of drug-likeness (QED) is 0.724. The monoisotopic (exact) mass is 301 g/mol. The van der Waals surface area contributed by atoms with Gasteiger partial charge in [-0.2, -0.15) is 5.10 Å². The molecule has 0 spiro atoms. The predicted molar refractivity (Wildman–Crippen MR) is 82.8 cm³/mol. The fourth-order valence-corrected chi connectivity index (χ4v) is 2.39. The molecule has 0 aliphatic heterocycles. The molecule has 2 aromatic heterocycles. The number of fused-ring (bicyclic) bond motifs is 1. The Morgan fingerprint density at radius 3 is 2.48 bits per heavy atom. The largest absolute Gasteiger partial charge is 0.283 e. The molecule has 0 atom stereocenters. The Bertz CT molecular complexity index is 852. The standard InChI is InChI=1S/C15H16ClN5/c1-15(2,3)14-19-13-11(8-18-20-13)12(17)21(14)10-6-4-9(16)5-7-10/h4-8,17H,1-3H3,(H,18,20). The number of aromatic nitrogens is 4. The smallest absolute Gasteiger partial charge is 0.161 e. The molecule has 0 aliphatic rings. The van der Waals surface area contributed by atoms with Crippen LogP contribution in [0.5, 0.6) is 0 Å². The van der Waals surface area contributed by atoms with E-state index in [0.717, 1.165) is 11.5 Å². The average Bonchev–Trinajstić information content (AvgIpc) is 2.88. The van der Waals surface area contributed by atoms with E-state index in [1.807, 2.05) is 28.8 Å². The van der Waals surface area contributed by atoms with Crippen LogP contribution in [0.2, 0.25) is 5.02 Å². The first-order valence-electron chi connectivity index (χ1n) is 6.65. The zero-order chi connectivity index (χ0) is 15.2. The molecule has 3 aromatic rings. The average molecular weight is 302 g/mol. The Balaban J connectivity index is 2.41. The molecule has 0 fully saturated rings. The summed E-state index contributed by atoms with van der Waals surface area (Å²) in [4.78, 5) is 4.66. The normalized spacial score (nSPS) is 12.0. The van der Waals surface area contributed by atoms with Crippen LogP contribution in [0.1, 0.15) is 26.6 Å². The highest BCUT2D eigenvalue weighted by Crippen LogP contribution is 2.24. The van der Waals surface area contributed by atoms with Crippen LogP contribution in [0.25, 0.3) is 16.7 Å². The van der Waals surface area contributed by atoms with Gasteiger partial charge >= 0.3 is 0 Å². The first kappa shape index (κ1) is 13.8. The van der Waals surface area contributed by atoms with Crippen LogP contribution in [-0.4, -0.2) is 19.7 Å². The zero-order valence-corrected chi connectivity index (χ0v) is 12.9. The second-order valence-electron chi connectivity index (χ2n) is 5.98. The summed E-state index contributed by atoms with van der Waals surface area (Å²) in [5, 5.41) is 16.7. The first-order valence-corrected chi connectivity index (χ1v) is 7.03. The third-order valence-corrected chi connectivity index (χ3v) is 3.54. The van der Waals surface area contributed by atoms with E-state index >= 15 is 0 Å². The molecule has 0 amide bonds. The third kappa shape index (κ3) is 2.34. The van der Waals surface area contributed by atoms with Gasteiger partial charge in [0.2, 0.25) is 0 Å². The minimum absolute atomic E-state index is 0.214. The van der Waals surface area contributed by atoms with E-state index in [1.54, 1.807) is 6.20 Å². The molecule has 21 heavy (non-hydrogen) atoms. The molecular weight excluding hydrogens is 286 g/mol. The molecule has 0 saturated heterocycles. The van der Waals surface area contributed by atoms with Gasteiger partial charge in [-0.25, -0.2) is 4.98 Å². The van der Waals surface area contributed by atoms with Crippen LogP contribution in [0.4, 0.5) is 0 Å². The predicted octanol–water partition coefficient (Wildman–Crippen LogP) is 3.18. The number of nitrogens with one attached hydrogen (secondary N) is 2. The maximum atomic E-state index is 8.50. The molecule has 6 heteroatoms. The van der Waals surface area contributed by atoms with Gasteiger partial charge < -0.3 is 0 Å². The number of halogens is 1. The van der Waals surface area contributed by atoms with Crippen molar-refractivity contribution in [3.63, 3.8) is 0 Å². The van der Waals surface area contributed by atoms with Crippen LogP contribution in [0, 0.1) is 5.41 Å². The minimum Gasteiger partial charge on any atom is -0.283 e. The van der Waals surface area contributed by atoms with Crippen molar-refractivity contribution in [2.75, 3.05) is 0 Å². The van der Waals surface area contributed by atoms with Crippen LogP contribution in [0.3, 0.4) is 0 Å². The Morgan fingerprint density at radius 2 is 1.86 bits per heavy atom. The van der Waals surface area contributed by atoms with Gasteiger partial charge in [0, 0.05) is 16.1 Å². The number of hydrogen-bond donors (Lipinski definition) is 2. The maximum absolute atomic E-state index is 8.50. The van der Waals surface area contributed by atoms with E-state index in [1.165, 1.54) is 0 Å². The van der Waals surface area contributed by atoms with Crippen molar-refractivity contribution in [3.8, 4) is 5.69 Å². The van der Waals surface area contributed by atoms with Crippen LogP contribution >= 0.6 is 11.6 Å². The van der Waals surface area contributed by atoms with Crippen LogP contribution in [-0.2, 0) is 5.41 Å². The Labute approximate surface area is 127 Å². The summed E-state index contributed by atoms with van der Waals surface area (Å²) in [5.41, 5.74) is 1.65. The fraction of sp³-hybridized carbons (Fsp3) is 0.267. The molecule has 5 nitrogen and oxygen atoms in total. The third-order valence-electron chi connectivity index (χ3n) is 3.28. The SMILES string of the molecule is CC(C)(C)c1nc2[nH]ncc2c(=N)n1-c1ccc(Cl)cc1. The Kier molecular flexibility index (Phi) is 3.10. The topological polar surface area (TPSA) is 70.3 Å². The number of H-pyrrole nitrogens is 1. The van der Waals surface area contributed by atoms with Gasteiger partial charge in [-0.05, 0) is 24.3 Å². The van der Waals surface area contributed by atoms with Gasteiger partial charge in [0.1, 0.15) is 11.3 Å². The molecule has 0 radical (unpaired) electrons. The zero-order valence-electron chi connectivity index (χ0n) is 12.1. The van der Waals surface area contributed by atoms with Gasteiger partial charge in [0.25, 0.3) is 0 Å². The van der Waals surface area contributed by atoms with Crippen molar-refractivity contribution >= 4 is 22.6 Å². The summed E-state index contributed by atoms with van der Waals surface area (Å²) in [6.07, 6.45) is 1.63. The lowest BCUT2D eigenvalue weighted by Crippen LogP contribution is -2.30. The van der Waals surface area contributed by atoms with Crippen molar-refractivity contribution in [3.05, 3.63) is 46.8 Å². The maximum Gasteiger partial charge on any atom is 0.161 e. The summed E-state index contributed by atoms with van der Waals surface area (Å²) in [6, 6.07) is 7.41. The van der Waals surface area contributed by atoms with Crippen LogP contribution < -0.4 is 5.49 Å². The van der Waals surface area contributed by atoms with Crippen molar-refractivity contribution in [2.24, 2.45) is 0 Å². The summed E-state index contributed by atoms with van der Waals surface area (Å²) < 4.78 is 1.84. The lowest BCUT2D eigenvalue weighted by molar-refractivity contribution is 0.523. The summed E-state index contributed by atoms with van der Waals surface area (Å²) in [6.45, 7) is 6.22. The van der Waals surface area contributed by atoms with Crippen molar-refractivity contribution < 1.29 is 0 Å². The highest BCUT2D eigenvalue weighted by molar-refractivity contribution is 6.30. The van der Waals surface area contributed by atoms with Gasteiger partial charge in [-0.3, -0.25) is 15.1 Å². The fourth-order valence-electron chi connectivity index (χ4n) is 2.26. The molecule has 3 rings (SSSR count). The lowest BCUT2D eigenvalue weighted by atomic mass is 9.95. The highest BCUT2D eigenvalue weighted by Gasteiger charge is 2.23. The highest BCUT2D eigenvalue weighted by atomic mass is 35.5. The second kappa shape index (κ2) is 4.70. The number of nitrogens with zero attached hydrogens (tertiary/aromatic N) is 3. The van der Waals surface area contributed by atoms with Crippen molar-refractivity contribution in [2.45, 2.75) is 26.2 Å². The molecule has 0 bridgehead atoms. The van der Waals surface area contributed by atoms with Crippen LogP contribution in [0.15, 0.2) is 30.5 Å². The van der Waals surface area contributed by atoms with Gasteiger partial charge in [0.05, 0.1) is 11.6 Å².